The number of fused-ring (bicyclic) bond motifs is 1. The molecular formula is C18H16N2O4. The molecule has 3 aromatic rings. The maximum atomic E-state index is 12.0. The zero-order chi connectivity index (χ0) is 17.1. The summed E-state index contributed by atoms with van der Waals surface area (Å²) in [5.74, 6) is 0.798. The molecule has 6 heteroatoms. The van der Waals surface area contributed by atoms with Crippen molar-refractivity contribution >= 4 is 28.5 Å². The maximum Gasteiger partial charge on any atom is 0.262 e. The van der Waals surface area contributed by atoms with Crippen LogP contribution in [-0.2, 0) is 4.79 Å². The predicted octanol–water partition coefficient (Wildman–Crippen LogP) is 3.36. The van der Waals surface area contributed by atoms with E-state index in [1.54, 1.807) is 49.4 Å². The number of nitrogens with zero attached hydrogens (tertiary/aromatic N) is 1. The van der Waals surface area contributed by atoms with Gasteiger partial charge in [0, 0.05) is 18.2 Å². The number of rotatable bonds is 5. The Labute approximate surface area is 138 Å². The van der Waals surface area contributed by atoms with Gasteiger partial charge in [-0.15, -0.1) is 0 Å². The highest BCUT2D eigenvalue weighted by molar-refractivity contribution is 5.94. The number of aromatic nitrogens is 1. The van der Waals surface area contributed by atoms with E-state index in [0.29, 0.717) is 34.0 Å². The van der Waals surface area contributed by atoms with Crippen LogP contribution in [0.3, 0.4) is 0 Å². The van der Waals surface area contributed by atoms with Crippen LogP contribution in [0.2, 0.25) is 0 Å². The quantitative estimate of drug-likeness (QED) is 0.728. The van der Waals surface area contributed by atoms with Crippen LogP contribution in [0.25, 0.3) is 11.1 Å². The maximum absolute atomic E-state index is 12.0. The first-order valence-electron chi connectivity index (χ1n) is 7.42. The minimum Gasteiger partial charge on any atom is -0.484 e. The van der Waals surface area contributed by atoms with E-state index in [1.165, 1.54) is 6.92 Å². The molecule has 1 heterocycles. The normalized spacial score (nSPS) is 10.6. The summed E-state index contributed by atoms with van der Waals surface area (Å²) >= 11 is 0. The standard InChI is InChI=1S/C18H16N2O4/c1-11(21)13-3-6-15(7-4-13)23-10-18(22)20-14-5-8-17-16(9-14)19-12(2)24-17/h3-9H,10H2,1-2H3,(H,20,22). The van der Waals surface area contributed by atoms with Crippen molar-refractivity contribution in [2.75, 3.05) is 11.9 Å². The van der Waals surface area contributed by atoms with Gasteiger partial charge in [-0.05, 0) is 49.4 Å². The van der Waals surface area contributed by atoms with Gasteiger partial charge in [-0.1, -0.05) is 0 Å². The second-order valence-corrected chi connectivity index (χ2v) is 5.33. The lowest BCUT2D eigenvalue weighted by atomic mass is 10.1. The Morgan fingerprint density at radius 2 is 1.92 bits per heavy atom. The van der Waals surface area contributed by atoms with Crippen LogP contribution < -0.4 is 10.1 Å². The van der Waals surface area contributed by atoms with Gasteiger partial charge in [0.05, 0.1) is 0 Å². The molecule has 0 unspecified atom stereocenters. The van der Waals surface area contributed by atoms with Crippen LogP contribution in [0.5, 0.6) is 5.75 Å². The van der Waals surface area contributed by atoms with Crippen LogP contribution in [-0.4, -0.2) is 23.3 Å². The average molecular weight is 324 g/mol. The molecule has 0 fully saturated rings. The Balaban J connectivity index is 1.59. The lowest BCUT2D eigenvalue weighted by Gasteiger charge is -2.07. The largest absolute Gasteiger partial charge is 0.484 e. The second-order valence-electron chi connectivity index (χ2n) is 5.33. The number of benzene rings is 2. The van der Waals surface area contributed by atoms with E-state index >= 15 is 0 Å². The first-order chi connectivity index (χ1) is 11.5. The summed E-state index contributed by atoms with van der Waals surface area (Å²) in [7, 11) is 0. The average Bonchev–Trinajstić information content (AvgIpc) is 2.92. The van der Waals surface area contributed by atoms with Crippen LogP contribution >= 0.6 is 0 Å². The van der Waals surface area contributed by atoms with Crippen molar-refractivity contribution in [2.24, 2.45) is 0 Å². The summed E-state index contributed by atoms with van der Waals surface area (Å²) < 4.78 is 10.8. The minimum absolute atomic E-state index is 0.0159. The molecule has 0 radical (unpaired) electrons. The molecule has 0 aliphatic rings. The molecule has 0 saturated heterocycles. The van der Waals surface area contributed by atoms with Crippen LogP contribution in [0, 0.1) is 6.92 Å². The minimum atomic E-state index is -0.287. The van der Waals surface area contributed by atoms with Crippen molar-refractivity contribution in [1.82, 2.24) is 4.98 Å². The van der Waals surface area contributed by atoms with Crippen molar-refractivity contribution < 1.29 is 18.7 Å². The number of nitrogens with one attached hydrogen (secondary N) is 1. The SMILES string of the molecule is CC(=O)c1ccc(OCC(=O)Nc2ccc3oc(C)nc3c2)cc1. The summed E-state index contributed by atoms with van der Waals surface area (Å²) in [6.07, 6.45) is 0. The van der Waals surface area contributed by atoms with Gasteiger partial charge in [0.25, 0.3) is 5.91 Å². The van der Waals surface area contributed by atoms with Crippen molar-refractivity contribution in [3.8, 4) is 5.75 Å². The zero-order valence-corrected chi connectivity index (χ0v) is 13.3. The first-order valence-corrected chi connectivity index (χ1v) is 7.42. The van der Waals surface area contributed by atoms with Crippen molar-refractivity contribution in [1.29, 1.82) is 0 Å². The molecule has 6 nitrogen and oxygen atoms in total. The summed E-state index contributed by atoms with van der Waals surface area (Å²) in [5, 5.41) is 2.74. The highest BCUT2D eigenvalue weighted by Gasteiger charge is 2.07. The van der Waals surface area contributed by atoms with Gasteiger partial charge in [-0.3, -0.25) is 9.59 Å². The van der Waals surface area contributed by atoms with Crippen molar-refractivity contribution in [3.63, 3.8) is 0 Å². The fraction of sp³-hybridized carbons (Fsp3) is 0.167. The number of carbonyl (C=O) groups is 2. The van der Waals surface area contributed by atoms with Gasteiger partial charge in [0.1, 0.15) is 11.3 Å². The number of aryl methyl sites for hydroxylation is 1. The lowest BCUT2D eigenvalue weighted by Crippen LogP contribution is -2.20. The highest BCUT2D eigenvalue weighted by atomic mass is 16.5. The molecule has 0 aliphatic heterocycles. The van der Waals surface area contributed by atoms with Crippen LogP contribution in [0.1, 0.15) is 23.2 Å². The summed E-state index contributed by atoms with van der Waals surface area (Å²) in [6.45, 7) is 3.13. The molecule has 0 saturated carbocycles. The fourth-order valence-corrected chi connectivity index (χ4v) is 2.25. The Kier molecular flexibility index (Phi) is 4.29. The molecule has 1 N–H and O–H groups in total. The molecule has 1 amide bonds. The molecular weight excluding hydrogens is 308 g/mol. The van der Waals surface area contributed by atoms with Gasteiger partial charge < -0.3 is 14.5 Å². The molecule has 0 spiro atoms. The van der Waals surface area contributed by atoms with Crippen LogP contribution in [0.4, 0.5) is 5.69 Å². The first kappa shape index (κ1) is 15.7. The Hall–Kier alpha value is -3.15. The second kappa shape index (κ2) is 6.54. The molecule has 1 aromatic heterocycles. The number of amides is 1. The number of ketones is 1. The van der Waals surface area contributed by atoms with E-state index in [2.05, 4.69) is 10.3 Å². The third kappa shape index (κ3) is 3.60. The zero-order valence-electron chi connectivity index (χ0n) is 13.3. The summed E-state index contributed by atoms with van der Waals surface area (Å²) in [5.41, 5.74) is 2.58. The van der Waals surface area contributed by atoms with Gasteiger partial charge in [-0.2, -0.15) is 0 Å². The van der Waals surface area contributed by atoms with Crippen molar-refractivity contribution in [2.45, 2.75) is 13.8 Å². The number of anilines is 1. The van der Waals surface area contributed by atoms with Gasteiger partial charge in [-0.25, -0.2) is 4.98 Å². The summed E-state index contributed by atoms with van der Waals surface area (Å²) in [4.78, 5) is 27.4. The molecule has 3 rings (SSSR count). The van der Waals surface area contributed by atoms with E-state index in [4.69, 9.17) is 9.15 Å². The van der Waals surface area contributed by atoms with Gasteiger partial charge in [0.2, 0.25) is 0 Å². The highest BCUT2D eigenvalue weighted by Crippen LogP contribution is 2.19. The number of hydrogen-bond donors (Lipinski definition) is 1. The van der Waals surface area contributed by atoms with E-state index in [-0.39, 0.29) is 18.3 Å². The Morgan fingerprint density at radius 3 is 2.62 bits per heavy atom. The predicted molar refractivity (Wildman–Crippen MR) is 89.3 cm³/mol. The fourth-order valence-electron chi connectivity index (χ4n) is 2.25. The lowest BCUT2D eigenvalue weighted by molar-refractivity contribution is -0.118. The molecule has 2 aromatic carbocycles. The summed E-state index contributed by atoms with van der Waals surface area (Å²) in [6, 6.07) is 11.9. The number of Topliss-reactive ketones (excluding diaryl/α,β-unsaturated/α-hetero) is 1. The van der Waals surface area contributed by atoms with E-state index < -0.39 is 0 Å². The smallest absolute Gasteiger partial charge is 0.262 e. The van der Waals surface area contributed by atoms with Crippen molar-refractivity contribution in [3.05, 3.63) is 53.9 Å². The Bertz CT molecular complexity index is 897. The monoisotopic (exact) mass is 324 g/mol. The number of ether oxygens (including phenoxy) is 1. The molecule has 0 aliphatic carbocycles. The van der Waals surface area contributed by atoms with E-state index in [9.17, 15) is 9.59 Å². The molecule has 24 heavy (non-hydrogen) atoms. The topological polar surface area (TPSA) is 81.4 Å². The van der Waals surface area contributed by atoms with Crippen LogP contribution in [0.15, 0.2) is 46.9 Å². The number of hydrogen-bond acceptors (Lipinski definition) is 5. The third-order valence-corrected chi connectivity index (χ3v) is 3.41. The van der Waals surface area contributed by atoms with Gasteiger partial charge in [0.15, 0.2) is 23.9 Å². The van der Waals surface area contributed by atoms with Gasteiger partial charge >= 0.3 is 0 Å². The molecule has 122 valence electrons. The number of carbonyl (C=O) groups excluding carboxylic acids is 2. The molecule has 0 bridgehead atoms. The molecule has 0 atom stereocenters. The van der Waals surface area contributed by atoms with E-state index in [0.717, 1.165) is 0 Å². The Morgan fingerprint density at radius 1 is 1.17 bits per heavy atom. The third-order valence-electron chi connectivity index (χ3n) is 3.41. The number of oxazole rings is 1. The van der Waals surface area contributed by atoms with E-state index in [1.807, 2.05) is 0 Å².